The molecule has 0 bridgehead atoms. The van der Waals surface area contributed by atoms with Crippen molar-refractivity contribution in [2.75, 3.05) is 12.4 Å². The molecule has 2 aromatic carbocycles. The monoisotopic (exact) mass is 333 g/mol. The van der Waals surface area contributed by atoms with Gasteiger partial charge in [-0.25, -0.2) is 0 Å². The molecule has 0 aromatic heterocycles. The fourth-order valence-electron chi connectivity index (χ4n) is 2.91. The van der Waals surface area contributed by atoms with E-state index in [9.17, 15) is 13.6 Å². The Morgan fingerprint density at radius 3 is 2.71 bits per heavy atom. The minimum absolute atomic E-state index is 0.00449. The van der Waals surface area contributed by atoms with Crippen molar-refractivity contribution in [2.24, 2.45) is 0 Å². The summed E-state index contributed by atoms with van der Waals surface area (Å²) in [6.07, 6.45) is 3.14. The molecule has 4 nitrogen and oxygen atoms in total. The molecule has 1 aliphatic rings. The number of fused-ring (bicyclic) bond motifs is 1. The van der Waals surface area contributed by atoms with Crippen LogP contribution in [-0.4, -0.2) is 19.6 Å². The third kappa shape index (κ3) is 3.32. The van der Waals surface area contributed by atoms with Crippen molar-refractivity contribution in [3.63, 3.8) is 0 Å². The molecule has 2 aromatic rings. The van der Waals surface area contributed by atoms with E-state index in [-0.39, 0.29) is 17.1 Å². The molecule has 3 rings (SSSR count). The largest absolute Gasteiger partial charge is 0.493 e. The minimum atomic E-state index is -3.05. The highest BCUT2D eigenvalue weighted by molar-refractivity contribution is 6.06. The van der Waals surface area contributed by atoms with Gasteiger partial charge >= 0.3 is 6.61 Å². The van der Waals surface area contributed by atoms with Crippen LogP contribution in [0.25, 0.3) is 0 Å². The van der Waals surface area contributed by atoms with Crippen molar-refractivity contribution in [3.05, 3.63) is 53.1 Å². The smallest absolute Gasteiger partial charge is 0.387 e. The van der Waals surface area contributed by atoms with E-state index in [0.29, 0.717) is 5.69 Å². The Morgan fingerprint density at radius 2 is 1.96 bits per heavy atom. The maximum atomic E-state index is 12.6. The number of anilines is 1. The Balaban J connectivity index is 1.87. The highest BCUT2D eigenvalue weighted by atomic mass is 19.3. The van der Waals surface area contributed by atoms with Crippen LogP contribution in [-0.2, 0) is 12.8 Å². The van der Waals surface area contributed by atoms with Gasteiger partial charge in [-0.3, -0.25) is 4.79 Å². The average molecular weight is 333 g/mol. The second kappa shape index (κ2) is 6.86. The van der Waals surface area contributed by atoms with E-state index < -0.39 is 12.5 Å². The van der Waals surface area contributed by atoms with Crippen LogP contribution in [0.15, 0.2) is 36.4 Å². The molecule has 0 radical (unpaired) electrons. The number of ether oxygens (including phenoxy) is 2. The van der Waals surface area contributed by atoms with Gasteiger partial charge < -0.3 is 14.8 Å². The fraction of sp³-hybridized carbons (Fsp3) is 0.278. The molecule has 0 fully saturated rings. The molecule has 0 spiro atoms. The molecular weight excluding hydrogens is 316 g/mol. The molecule has 0 atom stereocenters. The highest BCUT2D eigenvalue weighted by Gasteiger charge is 2.21. The molecule has 24 heavy (non-hydrogen) atoms. The van der Waals surface area contributed by atoms with Gasteiger partial charge in [0.25, 0.3) is 5.91 Å². The lowest BCUT2D eigenvalue weighted by atomic mass is 10.1. The lowest BCUT2D eigenvalue weighted by molar-refractivity contribution is -0.0515. The number of carbonyl (C=O) groups is 1. The summed E-state index contributed by atoms with van der Waals surface area (Å²) in [5, 5.41) is 2.73. The summed E-state index contributed by atoms with van der Waals surface area (Å²) in [5.41, 5.74) is 3.13. The van der Waals surface area contributed by atoms with Gasteiger partial charge in [-0.05, 0) is 54.7 Å². The summed E-state index contributed by atoms with van der Waals surface area (Å²) >= 11 is 0. The number of benzene rings is 2. The van der Waals surface area contributed by atoms with Gasteiger partial charge in [-0.15, -0.1) is 0 Å². The van der Waals surface area contributed by atoms with Crippen LogP contribution in [0, 0.1) is 0 Å². The van der Waals surface area contributed by atoms with E-state index in [1.165, 1.54) is 30.4 Å². The maximum absolute atomic E-state index is 12.6. The van der Waals surface area contributed by atoms with Crippen molar-refractivity contribution < 1.29 is 23.0 Å². The first-order valence-corrected chi connectivity index (χ1v) is 7.63. The van der Waals surface area contributed by atoms with Crippen LogP contribution < -0.4 is 14.8 Å². The first-order valence-electron chi connectivity index (χ1n) is 7.63. The summed E-state index contributed by atoms with van der Waals surface area (Å²) in [7, 11) is 1.33. The van der Waals surface area contributed by atoms with Crippen LogP contribution in [0.3, 0.4) is 0 Å². The van der Waals surface area contributed by atoms with Crippen molar-refractivity contribution in [3.8, 4) is 11.5 Å². The van der Waals surface area contributed by atoms with Gasteiger partial charge in [0.2, 0.25) is 0 Å². The summed E-state index contributed by atoms with van der Waals surface area (Å²) in [5.74, 6) is -0.715. The Morgan fingerprint density at radius 1 is 1.17 bits per heavy atom. The minimum Gasteiger partial charge on any atom is -0.493 e. The van der Waals surface area contributed by atoms with E-state index in [1.54, 1.807) is 6.07 Å². The summed E-state index contributed by atoms with van der Waals surface area (Å²) in [6, 6.07) is 10.2. The summed E-state index contributed by atoms with van der Waals surface area (Å²) in [4.78, 5) is 12.5. The standard InChI is InChI=1S/C18H17F2NO3/c1-23-15-7-3-6-14(16(15)24-18(19)20)17(22)21-13-9-8-11-4-2-5-12(11)10-13/h3,6-10,18H,2,4-5H2,1H3,(H,21,22). The van der Waals surface area contributed by atoms with Crippen LogP contribution in [0.2, 0.25) is 0 Å². The number of aryl methyl sites for hydroxylation is 2. The zero-order chi connectivity index (χ0) is 17.1. The van der Waals surface area contributed by atoms with E-state index in [1.807, 2.05) is 18.2 Å². The molecule has 126 valence electrons. The predicted molar refractivity (Wildman–Crippen MR) is 86.0 cm³/mol. The van der Waals surface area contributed by atoms with Gasteiger partial charge in [-0.2, -0.15) is 8.78 Å². The number of rotatable bonds is 5. The van der Waals surface area contributed by atoms with E-state index in [4.69, 9.17) is 4.74 Å². The molecular formula is C18H17F2NO3. The normalized spacial score (nSPS) is 12.8. The Labute approximate surface area is 138 Å². The zero-order valence-electron chi connectivity index (χ0n) is 13.1. The van der Waals surface area contributed by atoms with E-state index in [2.05, 4.69) is 10.1 Å². The van der Waals surface area contributed by atoms with Gasteiger partial charge in [0, 0.05) is 5.69 Å². The first-order chi connectivity index (χ1) is 11.6. The number of amides is 1. The number of methoxy groups -OCH3 is 1. The summed E-state index contributed by atoms with van der Waals surface area (Å²) < 4.78 is 34.8. The van der Waals surface area contributed by atoms with Crippen LogP contribution in [0.5, 0.6) is 11.5 Å². The fourth-order valence-corrected chi connectivity index (χ4v) is 2.91. The SMILES string of the molecule is COc1cccc(C(=O)Nc2ccc3c(c2)CCC3)c1OC(F)F. The predicted octanol–water partition coefficient (Wildman–Crippen LogP) is 4.04. The number of nitrogens with one attached hydrogen (secondary N) is 1. The van der Waals surface area contributed by atoms with Crippen molar-refractivity contribution in [2.45, 2.75) is 25.9 Å². The van der Waals surface area contributed by atoms with Gasteiger partial charge in [0.15, 0.2) is 11.5 Å². The third-order valence-electron chi connectivity index (χ3n) is 4.01. The Bertz CT molecular complexity index is 762. The number of hydrogen-bond acceptors (Lipinski definition) is 3. The molecule has 1 amide bonds. The topological polar surface area (TPSA) is 47.6 Å². The zero-order valence-corrected chi connectivity index (χ0v) is 13.1. The molecule has 0 saturated carbocycles. The molecule has 1 aliphatic carbocycles. The molecule has 0 saturated heterocycles. The number of halogens is 2. The molecule has 0 unspecified atom stereocenters. The first kappa shape index (κ1) is 16.2. The van der Waals surface area contributed by atoms with Crippen molar-refractivity contribution in [1.29, 1.82) is 0 Å². The lowest BCUT2D eigenvalue weighted by Crippen LogP contribution is -2.15. The molecule has 0 aliphatic heterocycles. The average Bonchev–Trinajstić information content (AvgIpc) is 3.02. The van der Waals surface area contributed by atoms with Gasteiger partial charge in [0.1, 0.15) is 0 Å². The number of hydrogen-bond donors (Lipinski definition) is 1. The second-order valence-corrected chi connectivity index (χ2v) is 5.51. The molecule has 0 heterocycles. The third-order valence-corrected chi connectivity index (χ3v) is 4.01. The highest BCUT2D eigenvalue weighted by Crippen LogP contribution is 2.33. The molecule has 6 heteroatoms. The van der Waals surface area contributed by atoms with Gasteiger partial charge in [0.05, 0.1) is 12.7 Å². The van der Waals surface area contributed by atoms with E-state index in [0.717, 1.165) is 19.3 Å². The van der Waals surface area contributed by atoms with Crippen LogP contribution in [0.1, 0.15) is 27.9 Å². The maximum Gasteiger partial charge on any atom is 0.387 e. The Kier molecular flexibility index (Phi) is 4.64. The van der Waals surface area contributed by atoms with Crippen molar-refractivity contribution >= 4 is 11.6 Å². The summed E-state index contributed by atoms with van der Waals surface area (Å²) in [6.45, 7) is -3.05. The van der Waals surface area contributed by atoms with Gasteiger partial charge in [-0.1, -0.05) is 12.1 Å². The Hall–Kier alpha value is -2.63. The number of carbonyl (C=O) groups excluding carboxylic acids is 1. The number of para-hydroxylation sites is 1. The quantitative estimate of drug-likeness (QED) is 0.898. The van der Waals surface area contributed by atoms with E-state index >= 15 is 0 Å². The second-order valence-electron chi connectivity index (χ2n) is 5.51. The lowest BCUT2D eigenvalue weighted by Gasteiger charge is -2.14. The number of alkyl halides is 2. The molecule has 1 N–H and O–H groups in total. The van der Waals surface area contributed by atoms with Crippen molar-refractivity contribution in [1.82, 2.24) is 0 Å². The van der Waals surface area contributed by atoms with Crippen LogP contribution in [0.4, 0.5) is 14.5 Å². The van der Waals surface area contributed by atoms with Crippen LogP contribution >= 0.6 is 0 Å².